The van der Waals surface area contributed by atoms with Crippen molar-refractivity contribution in [3.8, 4) is 5.75 Å². The van der Waals surface area contributed by atoms with Crippen molar-refractivity contribution in [2.45, 2.75) is 9.79 Å². The van der Waals surface area contributed by atoms with Gasteiger partial charge in [-0.25, -0.2) is 0 Å². The van der Waals surface area contributed by atoms with Gasteiger partial charge >= 0.3 is 0 Å². The number of aromatic hydroxyl groups is 1. The van der Waals surface area contributed by atoms with Gasteiger partial charge in [-0.2, -0.15) is 37.3 Å². The smallest absolute Gasteiger partial charge is 0.296 e. The van der Waals surface area contributed by atoms with Crippen LogP contribution in [0.3, 0.4) is 0 Å². The van der Waals surface area contributed by atoms with Gasteiger partial charge in [-0.1, -0.05) is 24.3 Å². The summed E-state index contributed by atoms with van der Waals surface area (Å²) in [6.07, 6.45) is 19.6. The molecule has 3 aliphatic rings. The fraction of sp³-hybridized carbons (Fsp3) is 0. The molecule has 0 aliphatic heterocycles. The van der Waals surface area contributed by atoms with Crippen molar-refractivity contribution in [3.05, 3.63) is 131 Å². The van der Waals surface area contributed by atoms with Crippen molar-refractivity contribution >= 4 is 82.4 Å². The first-order valence-electron chi connectivity index (χ1n) is 15.2. The number of rotatable bonds is 8. The Kier molecular flexibility index (Phi) is 9.91. The first-order chi connectivity index (χ1) is 25.6. The zero-order chi connectivity index (χ0) is 38.8. The molecule has 0 unspecified atom stereocenters. The van der Waals surface area contributed by atoms with E-state index in [2.05, 4.69) is 31.0 Å². The SMILES string of the molecule is Nc1c(N=Nc2ccc([N+](=O)[O-])cc2)c(S(=O)(=O)O)cc2cc(S(=O)(=O)O)c(NN=C3C=CC(=C4C=CC(=NN=C5C=CC(=O)C=C5)C=C4)C=C3)c(O)c12. The number of azo groups is 1. The molecule has 0 aromatic heterocycles. The molecule has 0 fully saturated rings. The van der Waals surface area contributed by atoms with Crippen LogP contribution in [-0.4, -0.2) is 58.9 Å². The van der Waals surface area contributed by atoms with E-state index >= 15 is 0 Å². The molecule has 20 heteroatoms. The quantitative estimate of drug-likeness (QED) is 0.0348. The van der Waals surface area contributed by atoms with E-state index in [0.29, 0.717) is 11.4 Å². The Labute approximate surface area is 305 Å². The van der Waals surface area contributed by atoms with Crippen molar-refractivity contribution in [2.24, 2.45) is 25.5 Å². The number of fused-ring (bicyclic) bond motifs is 1. The Morgan fingerprint density at radius 2 is 1.20 bits per heavy atom. The Bertz CT molecular complexity index is 2680. The predicted molar refractivity (Wildman–Crippen MR) is 200 cm³/mol. The Hall–Kier alpha value is -7.00. The molecule has 0 saturated heterocycles. The molecule has 0 bridgehead atoms. The van der Waals surface area contributed by atoms with E-state index in [1.165, 1.54) is 24.3 Å². The molecule has 3 aromatic rings. The Morgan fingerprint density at radius 1 is 0.704 bits per heavy atom. The molecule has 3 aromatic carbocycles. The van der Waals surface area contributed by atoms with Gasteiger partial charge in [-0.05, 0) is 89.4 Å². The van der Waals surface area contributed by atoms with Crippen molar-refractivity contribution < 1.29 is 40.8 Å². The highest BCUT2D eigenvalue weighted by atomic mass is 32.2. The highest BCUT2D eigenvalue weighted by Crippen LogP contribution is 2.47. The van der Waals surface area contributed by atoms with Crippen LogP contribution in [0.2, 0.25) is 0 Å². The number of hydrazone groups is 1. The number of hydrogen-bond acceptors (Lipinski definition) is 15. The Balaban J connectivity index is 1.31. The van der Waals surface area contributed by atoms with Gasteiger partial charge in [-0.3, -0.25) is 29.4 Å². The Morgan fingerprint density at radius 3 is 1.72 bits per heavy atom. The zero-order valence-corrected chi connectivity index (χ0v) is 28.8. The lowest BCUT2D eigenvalue weighted by Gasteiger charge is -2.16. The summed E-state index contributed by atoms with van der Waals surface area (Å²) < 4.78 is 69.5. The largest absolute Gasteiger partial charge is 0.505 e. The number of non-ortho nitro benzene ring substituents is 1. The lowest BCUT2D eigenvalue weighted by atomic mass is 9.98. The van der Waals surface area contributed by atoms with E-state index in [1.54, 1.807) is 48.6 Å². The summed E-state index contributed by atoms with van der Waals surface area (Å²) in [6.45, 7) is 0. The first-order valence-corrected chi connectivity index (χ1v) is 18.1. The van der Waals surface area contributed by atoms with Crippen LogP contribution in [0.1, 0.15) is 0 Å². The number of nitrogens with zero attached hydrogens (tertiary/aromatic N) is 6. The van der Waals surface area contributed by atoms with Crippen molar-refractivity contribution in [1.29, 1.82) is 0 Å². The van der Waals surface area contributed by atoms with E-state index in [9.17, 15) is 46.0 Å². The number of nitrogen functional groups attached to an aromatic ring is 1. The number of ketones is 1. The van der Waals surface area contributed by atoms with Crippen LogP contribution in [0.4, 0.5) is 28.4 Å². The number of phenols is 1. The van der Waals surface area contributed by atoms with Crippen molar-refractivity contribution in [2.75, 3.05) is 11.2 Å². The molecule has 0 atom stereocenters. The minimum atomic E-state index is -5.10. The van der Waals surface area contributed by atoms with Crippen LogP contribution in [0.25, 0.3) is 10.8 Å². The summed E-state index contributed by atoms with van der Waals surface area (Å²) in [5.74, 6) is -1.02. The maximum atomic E-state index is 12.4. The normalized spacial score (nSPS) is 15.5. The van der Waals surface area contributed by atoms with Crippen LogP contribution in [-0.2, 0) is 25.0 Å². The molecule has 0 radical (unpaired) electrons. The van der Waals surface area contributed by atoms with Gasteiger partial charge in [0.25, 0.3) is 25.9 Å². The third-order valence-corrected chi connectivity index (χ3v) is 9.45. The van der Waals surface area contributed by atoms with Gasteiger partial charge in [0.05, 0.1) is 38.8 Å². The summed E-state index contributed by atoms with van der Waals surface area (Å²) >= 11 is 0. The molecule has 3 aliphatic carbocycles. The molecule has 0 amide bonds. The minimum absolute atomic E-state index is 0.0308. The highest BCUT2D eigenvalue weighted by molar-refractivity contribution is 7.86. The third kappa shape index (κ3) is 8.05. The van der Waals surface area contributed by atoms with Crippen LogP contribution < -0.4 is 11.2 Å². The predicted octanol–water partition coefficient (Wildman–Crippen LogP) is 5.75. The second-order valence-corrected chi connectivity index (χ2v) is 14.0. The monoisotopic (exact) mass is 768 g/mol. The van der Waals surface area contributed by atoms with Crippen LogP contribution in [0.5, 0.6) is 5.75 Å². The highest BCUT2D eigenvalue weighted by Gasteiger charge is 2.28. The number of carbonyl (C=O) groups is 1. The average Bonchev–Trinajstić information content (AvgIpc) is 3.13. The van der Waals surface area contributed by atoms with Gasteiger partial charge in [0.1, 0.15) is 21.2 Å². The van der Waals surface area contributed by atoms with Crippen LogP contribution >= 0.6 is 0 Å². The number of benzene rings is 3. The van der Waals surface area contributed by atoms with E-state index in [4.69, 9.17) is 5.73 Å². The minimum Gasteiger partial charge on any atom is -0.505 e. The molecule has 272 valence electrons. The standard InChI is InChI=1S/C34H24N8O10S2/c35-31-30-21(17-28(53(47,48)49)32(31)40-38-24-9-13-26(14-10-24)42(45)46)18-29(54(50,51)52)33(34(30)44)41-39-23-7-3-20(4-8-23)19-1-5-22(6-2-19)36-37-25-11-15-27(43)16-12-25/h1-18,41,44H,35H2,(H,47,48,49)(H,50,51,52). The van der Waals surface area contributed by atoms with Gasteiger partial charge in [-0.15, -0.1) is 5.11 Å². The maximum Gasteiger partial charge on any atom is 0.296 e. The van der Waals surface area contributed by atoms with Crippen molar-refractivity contribution in [1.82, 2.24) is 0 Å². The molecule has 6 rings (SSSR count). The summed E-state index contributed by atoms with van der Waals surface area (Å²) in [5.41, 5.74) is 9.52. The summed E-state index contributed by atoms with van der Waals surface area (Å²) in [7, 11) is -10.2. The number of nitro benzene ring substituents is 1. The van der Waals surface area contributed by atoms with E-state index in [1.807, 2.05) is 12.2 Å². The molecule has 54 heavy (non-hydrogen) atoms. The average molecular weight is 769 g/mol. The molecular formula is C34H24N8O10S2. The van der Waals surface area contributed by atoms with Crippen molar-refractivity contribution in [3.63, 3.8) is 0 Å². The first kappa shape index (κ1) is 36.8. The second kappa shape index (κ2) is 14.6. The lowest BCUT2D eigenvalue weighted by molar-refractivity contribution is -0.384. The number of phenolic OH excluding ortho intramolecular Hbond substituents is 1. The number of allylic oxidation sites excluding steroid dienone is 14. The molecule has 18 nitrogen and oxygen atoms in total. The lowest BCUT2D eigenvalue weighted by Crippen LogP contribution is -2.07. The topological polar surface area (TPSA) is 289 Å². The number of anilines is 2. The molecule has 6 N–H and O–H groups in total. The van der Waals surface area contributed by atoms with E-state index in [0.717, 1.165) is 35.4 Å². The molecule has 0 heterocycles. The molecule has 0 saturated carbocycles. The van der Waals surface area contributed by atoms with Gasteiger partial charge in [0.2, 0.25) is 0 Å². The van der Waals surface area contributed by atoms with Crippen LogP contribution in [0, 0.1) is 10.1 Å². The summed E-state index contributed by atoms with van der Waals surface area (Å²) in [6, 6.07) is 6.22. The maximum absolute atomic E-state index is 12.4. The fourth-order valence-electron chi connectivity index (χ4n) is 5.08. The summed E-state index contributed by atoms with van der Waals surface area (Å²) in [5, 5.41) is 41.6. The fourth-order valence-corrected chi connectivity index (χ4v) is 6.43. The van der Waals surface area contributed by atoms with E-state index in [-0.39, 0.29) is 33.6 Å². The number of hydrogen-bond donors (Lipinski definition) is 5. The zero-order valence-electron chi connectivity index (χ0n) is 27.2. The number of nitrogens with one attached hydrogen (secondary N) is 1. The summed E-state index contributed by atoms with van der Waals surface area (Å²) in [4.78, 5) is 19.7. The number of nitro groups is 1. The number of carbonyl (C=O) groups excluding carboxylic acids is 1. The van der Waals surface area contributed by atoms with Crippen LogP contribution in [0.15, 0.2) is 156 Å². The molecular weight excluding hydrogens is 745 g/mol. The van der Waals surface area contributed by atoms with Gasteiger partial charge in [0, 0.05) is 12.1 Å². The van der Waals surface area contributed by atoms with E-state index < -0.39 is 57.8 Å². The van der Waals surface area contributed by atoms with Gasteiger partial charge < -0.3 is 10.8 Å². The van der Waals surface area contributed by atoms with Gasteiger partial charge in [0.15, 0.2) is 11.5 Å². The number of nitrogens with two attached hydrogens (primary N) is 1. The second-order valence-electron chi connectivity index (χ2n) is 11.3. The molecule has 0 spiro atoms. The third-order valence-electron chi connectivity index (χ3n) is 7.70.